The van der Waals surface area contributed by atoms with Crippen LogP contribution in [0.5, 0.6) is 0 Å². The minimum Gasteiger partial charge on any atom is -0.389 e. The van der Waals surface area contributed by atoms with Crippen molar-refractivity contribution < 1.29 is 4.74 Å². The number of pyridine rings is 1. The molecule has 0 amide bonds. The molecule has 0 aliphatic carbocycles. The van der Waals surface area contributed by atoms with Crippen molar-refractivity contribution in [1.82, 2.24) is 14.6 Å². The van der Waals surface area contributed by atoms with E-state index in [2.05, 4.69) is 10.1 Å². The number of fused-ring (bicyclic) bond motifs is 1. The van der Waals surface area contributed by atoms with E-state index in [1.54, 1.807) is 11.6 Å². The molecule has 96 valence electrons. The van der Waals surface area contributed by atoms with Gasteiger partial charge in [-0.3, -0.25) is 0 Å². The largest absolute Gasteiger partial charge is 0.389 e. The lowest BCUT2D eigenvalue weighted by Crippen LogP contribution is -2.14. The van der Waals surface area contributed by atoms with Gasteiger partial charge in [0.05, 0.1) is 12.2 Å². The molecule has 0 aliphatic heterocycles. The van der Waals surface area contributed by atoms with E-state index in [-0.39, 0.29) is 0 Å². The lowest BCUT2D eigenvalue weighted by Gasteiger charge is -2.07. The fraction of sp³-hybridized carbons (Fsp3) is 0.417. The molecule has 0 aliphatic rings. The molecule has 0 radical (unpaired) electrons. The highest BCUT2D eigenvalue weighted by atomic mass is 32.1. The third-order valence-electron chi connectivity index (χ3n) is 2.80. The van der Waals surface area contributed by atoms with Crippen molar-refractivity contribution in [3.63, 3.8) is 0 Å². The Hall–Kier alpha value is -1.53. The molecule has 0 aromatic carbocycles. The minimum absolute atomic E-state index is 0.350. The van der Waals surface area contributed by atoms with Gasteiger partial charge < -0.3 is 10.5 Å². The van der Waals surface area contributed by atoms with Crippen LogP contribution in [0.1, 0.15) is 22.6 Å². The minimum atomic E-state index is 0.350. The fourth-order valence-electron chi connectivity index (χ4n) is 1.99. The topological polar surface area (TPSA) is 65.4 Å². The Morgan fingerprint density at radius 3 is 2.83 bits per heavy atom. The third-order valence-corrected chi connectivity index (χ3v) is 3.01. The van der Waals surface area contributed by atoms with Crippen LogP contribution in [0, 0.1) is 13.8 Å². The number of hydrogen-bond donors (Lipinski definition) is 1. The summed E-state index contributed by atoms with van der Waals surface area (Å²) in [6.45, 7) is 4.56. The van der Waals surface area contributed by atoms with Crippen LogP contribution in [-0.4, -0.2) is 33.3 Å². The van der Waals surface area contributed by atoms with Gasteiger partial charge in [-0.15, -0.1) is 0 Å². The first-order chi connectivity index (χ1) is 8.54. The lowest BCUT2D eigenvalue weighted by molar-refractivity contribution is 0.200. The van der Waals surface area contributed by atoms with Crippen LogP contribution in [0.4, 0.5) is 0 Å². The first kappa shape index (κ1) is 12.9. The zero-order valence-electron chi connectivity index (χ0n) is 10.7. The maximum absolute atomic E-state index is 5.77. The van der Waals surface area contributed by atoms with Crippen LogP contribution < -0.4 is 5.73 Å². The molecule has 2 rings (SSSR count). The molecule has 0 bridgehead atoms. The predicted molar refractivity (Wildman–Crippen MR) is 73.9 cm³/mol. The van der Waals surface area contributed by atoms with E-state index < -0.39 is 0 Å². The van der Waals surface area contributed by atoms with Crippen LogP contribution in [0.3, 0.4) is 0 Å². The van der Waals surface area contributed by atoms with Crippen LogP contribution in [0.15, 0.2) is 6.07 Å². The predicted octanol–water partition coefficient (Wildman–Crippen LogP) is 1.17. The Morgan fingerprint density at radius 2 is 2.22 bits per heavy atom. The Labute approximate surface area is 111 Å². The summed E-state index contributed by atoms with van der Waals surface area (Å²) in [7, 11) is 1.66. The van der Waals surface area contributed by atoms with Gasteiger partial charge >= 0.3 is 0 Å². The van der Waals surface area contributed by atoms with Crippen molar-refractivity contribution in [1.29, 1.82) is 0 Å². The van der Waals surface area contributed by atoms with Gasteiger partial charge in [0.25, 0.3) is 0 Å². The molecule has 0 spiro atoms. The quantitative estimate of drug-likeness (QED) is 0.840. The highest BCUT2D eigenvalue weighted by Crippen LogP contribution is 2.17. The SMILES string of the molecule is COCCc1nc2c(C(N)=S)c(C)cc(C)n2n1. The molecule has 0 saturated carbocycles. The van der Waals surface area contributed by atoms with E-state index in [0.29, 0.717) is 18.0 Å². The fourth-order valence-corrected chi connectivity index (χ4v) is 2.24. The van der Waals surface area contributed by atoms with Crippen molar-refractivity contribution in [3.8, 4) is 0 Å². The van der Waals surface area contributed by atoms with Crippen molar-refractivity contribution in [2.45, 2.75) is 20.3 Å². The first-order valence-electron chi connectivity index (χ1n) is 5.69. The van der Waals surface area contributed by atoms with Gasteiger partial charge in [0.2, 0.25) is 0 Å². The van der Waals surface area contributed by atoms with Gasteiger partial charge in [-0.25, -0.2) is 9.50 Å². The normalized spacial score (nSPS) is 11.1. The maximum Gasteiger partial charge on any atom is 0.166 e. The van der Waals surface area contributed by atoms with Crippen molar-refractivity contribution in [3.05, 3.63) is 28.7 Å². The highest BCUT2D eigenvalue weighted by molar-refractivity contribution is 7.80. The molecule has 6 heteroatoms. The molecule has 0 saturated heterocycles. The zero-order valence-corrected chi connectivity index (χ0v) is 11.5. The number of nitrogens with two attached hydrogens (primary N) is 1. The summed E-state index contributed by atoms with van der Waals surface area (Å²) in [5.41, 5.74) is 9.33. The summed E-state index contributed by atoms with van der Waals surface area (Å²) < 4.78 is 6.82. The molecule has 2 N–H and O–H groups in total. The molecule has 0 fully saturated rings. The monoisotopic (exact) mass is 264 g/mol. The second-order valence-corrected chi connectivity index (χ2v) is 4.65. The van der Waals surface area contributed by atoms with E-state index in [1.807, 2.05) is 19.9 Å². The maximum atomic E-state index is 5.77. The molecular weight excluding hydrogens is 248 g/mol. The molecule has 0 atom stereocenters. The smallest absolute Gasteiger partial charge is 0.166 e. The lowest BCUT2D eigenvalue weighted by atomic mass is 10.1. The zero-order chi connectivity index (χ0) is 13.3. The van der Waals surface area contributed by atoms with Gasteiger partial charge in [0, 0.05) is 19.2 Å². The number of thiocarbonyl (C=S) groups is 1. The number of aryl methyl sites for hydroxylation is 2. The van der Waals surface area contributed by atoms with Crippen molar-refractivity contribution >= 4 is 22.9 Å². The Morgan fingerprint density at radius 1 is 1.50 bits per heavy atom. The summed E-state index contributed by atoms with van der Waals surface area (Å²) in [5.74, 6) is 0.739. The Bertz CT molecular complexity index is 606. The van der Waals surface area contributed by atoms with Crippen LogP contribution in [-0.2, 0) is 11.2 Å². The van der Waals surface area contributed by atoms with Gasteiger partial charge in [-0.05, 0) is 25.5 Å². The highest BCUT2D eigenvalue weighted by Gasteiger charge is 2.14. The summed E-state index contributed by atoms with van der Waals surface area (Å²) in [4.78, 5) is 4.85. The van der Waals surface area contributed by atoms with Crippen LogP contribution in [0.25, 0.3) is 5.65 Å². The average Bonchev–Trinajstić information content (AvgIpc) is 2.69. The standard InChI is InChI=1S/C12H16N4OS/c1-7-6-8(2)16-12(10(7)11(13)18)14-9(15-16)4-5-17-3/h6H,4-5H2,1-3H3,(H2,13,18). The number of nitrogens with zero attached hydrogens (tertiary/aromatic N) is 3. The molecule has 2 aromatic rings. The Balaban J connectivity index is 2.62. The first-order valence-corrected chi connectivity index (χ1v) is 6.10. The van der Waals surface area contributed by atoms with Gasteiger partial charge in [0.15, 0.2) is 11.5 Å². The molecule has 18 heavy (non-hydrogen) atoms. The average molecular weight is 264 g/mol. The van der Waals surface area contributed by atoms with Crippen LogP contribution >= 0.6 is 12.2 Å². The number of rotatable bonds is 4. The second-order valence-electron chi connectivity index (χ2n) is 4.21. The molecule has 2 heterocycles. The van der Waals surface area contributed by atoms with E-state index in [0.717, 1.165) is 28.3 Å². The number of methoxy groups -OCH3 is 1. The molecule has 0 unspecified atom stereocenters. The van der Waals surface area contributed by atoms with E-state index in [4.69, 9.17) is 22.7 Å². The van der Waals surface area contributed by atoms with Gasteiger partial charge in [-0.2, -0.15) is 5.10 Å². The molecular formula is C12H16N4OS. The summed E-state index contributed by atoms with van der Waals surface area (Å²) >= 11 is 5.09. The molecule has 2 aromatic heterocycles. The number of ether oxygens (including phenoxy) is 1. The van der Waals surface area contributed by atoms with Gasteiger partial charge in [0.1, 0.15) is 4.99 Å². The molecule has 5 nitrogen and oxygen atoms in total. The summed E-state index contributed by atoms with van der Waals surface area (Å²) in [6.07, 6.45) is 0.674. The summed E-state index contributed by atoms with van der Waals surface area (Å²) in [6, 6.07) is 2.01. The number of aromatic nitrogens is 3. The van der Waals surface area contributed by atoms with Crippen LogP contribution in [0.2, 0.25) is 0 Å². The number of hydrogen-bond acceptors (Lipinski definition) is 4. The third kappa shape index (κ3) is 2.21. The second kappa shape index (κ2) is 4.99. The van der Waals surface area contributed by atoms with Crippen molar-refractivity contribution in [2.24, 2.45) is 5.73 Å². The van der Waals surface area contributed by atoms with E-state index in [9.17, 15) is 0 Å². The Kier molecular flexibility index (Phi) is 3.58. The summed E-state index contributed by atoms with van der Waals surface area (Å²) in [5, 5.41) is 4.44. The van der Waals surface area contributed by atoms with Gasteiger partial charge in [-0.1, -0.05) is 12.2 Å². The van der Waals surface area contributed by atoms with E-state index >= 15 is 0 Å². The van der Waals surface area contributed by atoms with Crippen molar-refractivity contribution in [2.75, 3.05) is 13.7 Å². The van der Waals surface area contributed by atoms with E-state index in [1.165, 1.54) is 0 Å².